The van der Waals surface area contributed by atoms with Crippen LogP contribution >= 0.6 is 23.2 Å². The zero-order valence-corrected chi connectivity index (χ0v) is 17.4. The minimum Gasteiger partial charge on any atom is -0.374 e. The Hall–Kier alpha value is -2.11. The number of anilines is 1. The van der Waals surface area contributed by atoms with Crippen LogP contribution in [0.4, 0.5) is 5.69 Å². The van der Waals surface area contributed by atoms with Crippen molar-refractivity contribution >= 4 is 44.6 Å². The largest absolute Gasteiger partial charge is 0.374 e. The van der Waals surface area contributed by atoms with Crippen molar-refractivity contribution in [1.29, 1.82) is 5.26 Å². The van der Waals surface area contributed by atoms with Gasteiger partial charge in [-0.05, 0) is 49.7 Å². The van der Waals surface area contributed by atoms with E-state index in [1.54, 1.807) is 0 Å². The number of sulfone groups is 1. The molecule has 6 nitrogen and oxygen atoms in total. The molecule has 0 aliphatic rings. The zero-order chi connectivity index (χ0) is 21.1. The van der Waals surface area contributed by atoms with Crippen molar-refractivity contribution in [3.05, 3.63) is 63.6 Å². The van der Waals surface area contributed by atoms with Crippen LogP contribution in [0.2, 0.25) is 10.0 Å². The number of nitriles is 1. The summed E-state index contributed by atoms with van der Waals surface area (Å²) in [5.41, 5.74) is -1.84. The fourth-order valence-electron chi connectivity index (χ4n) is 2.38. The van der Waals surface area contributed by atoms with Crippen LogP contribution in [0, 0.1) is 11.3 Å². The second-order valence-electron chi connectivity index (χ2n) is 6.48. The van der Waals surface area contributed by atoms with Gasteiger partial charge in [0.15, 0.2) is 15.4 Å². The van der Waals surface area contributed by atoms with Gasteiger partial charge >= 0.3 is 0 Å². The SMILES string of the molecule is CC(C)S(=O)(=O)CC(O)(C(=O)Nc1ccc(C#N)c(Cl)c1)c1ccc(Cl)cc1. The average Bonchev–Trinajstić information content (AvgIpc) is 2.61. The highest BCUT2D eigenvalue weighted by Crippen LogP contribution is 2.29. The number of amides is 1. The smallest absolute Gasteiger partial charge is 0.262 e. The zero-order valence-electron chi connectivity index (χ0n) is 15.1. The minimum absolute atomic E-state index is 0.0818. The maximum atomic E-state index is 12.9. The number of carbonyl (C=O) groups is 1. The van der Waals surface area contributed by atoms with E-state index in [2.05, 4.69) is 5.32 Å². The molecule has 2 N–H and O–H groups in total. The first kappa shape index (κ1) is 22.2. The van der Waals surface area contributed by atoms with E-state index in [4.69, 9.17) is 28.5 Å². The number of rotatable bonds is 6. The molecule has 2 rings (SSSR count). The summed E-state index contributed by atoms with van der Waals surface area (Å²) in [6, 6.07) is 11.8. The normalized spacial score (nSPS) is 13.6. The van der Waals surface area contributed by atoms with E-state index in [1.165, 1.54) is 56.3 Å². The van der Waals surface area contributed by atoms with Crippen molar-refractivity contribution in [3.8, 4) is 6.07 Å². The van der Waals surface area contributed by atoms with Gasteiger partial charge in [-0.3, -0.25) is 4.79 Å². The lowest BCUT2D eigenvalue weighted by molar-refractivity contribution is -0.132. The topological polar surface area (TPSA) is 107 Å². The summed E-state index contributed by atoms with van der Waals surface area (Å²) in [4.78, 5) is 12.9. The summed E-state index contributed by atoms with van der Waals surface area (Å²) < 4.78 is 24.9. The molecule has 0 bridgehead atoms. The lowest BCUT2D eigenvalue weighted by Gasteiger charge is -2.28. The van der Waals surface area contributed by atoms with Crippen molar-refractivity contribution in [1.82, 2.24) is 0 Å². The number of benzene rings is 2. The molecule has 0 aromatic heterocycles. The van der Waals surface area contributed by atoms with E-state index in [0.29, 0.717) is 5.02 Å². The fraction of sp³-hybridized carbons (Fsp3) is 0.263. The molecule has 0 fully saturated rings. The summed E-state index contributed by atoms with van der Waals surface area (Å²) in [5, 5.41) is 22.2. The molecule has 2 aromatic carbocycles. The molecular formula is C19H18Cl2N2O4S. The highest BCUT2D eigenvalue weighted by Gasteiger charge is 2.43. The van der Waals surface area contributed by atoms with E-state index in [1.807, 2.05) is 6.07 Å². The van der Waals surface area contributed by atoms with Crippen molar-refractivity contribution in [2.45, 2.75) is 24.7 Å². The first-order chi connectivity index (χ1) is 13.0. The van der Waals surface area contributed by atoms with Crippen LogP contribution in [0.1, 0.15) is 25.0 Å². The summed E-state index contributed by atoms with van der Waals surface area (Å²) in [6.07, 6.45) is 0. The van der Waals surface area contributed by atoms with Gasteiger partial charge in [0.2, 0.25) is 0 Å². The molecule has 148 valence electrons. The molecule has 2 aromatic rings. The van der Waals surface area contributed by atoms with Gasteiger partial charge in [-0.2, -0.15) is 5.26 Å². The number of carbonyl (C=O) groups excluding carboxylic acids is 1. The molecule has 0 aliphatic heterocycles. The number of nitrogens with zero attached hydrogens (tertiary/aromatic N) is 1. The summed E-state index contributed by atoms with van der Waals surface area (Å²) >= 11 is 11.8. The Morgan fingerprint density at radius 3 is 2.32 bits per heavy atom. The van der Waals surface area contributed by atoms with Crippen molar-refractivity contribution in [2.75, 3.05) is 11.1 Å². The van der Waals surface area contributed by atoms with Crippen LogP contribution < -0.4 is 5.32 Å². The second kappa shape index (κ2) is 8.50. The van der Waals surface area contributed by atoms with Crippen LogP contribution in [0.15, 0.2) is 42.5 Å². The molecule has 1 unspecified atom stereocenters. The highest BCUT2D eigenvalue weighted by atomic mass is 35.5. The van der Waals surface area contributed by atoms with Gasteiger partial charge in [0.25, 0.3) is 5.91 Å². The van der Waals surface area contributed by atoms with E-state index in [9.17, 15) is 18.3 Å². The van der Waals surface area contributed by atoms with Crippen molar-refractivity contribution in [3.63, 3.8) is 0 Å². The molecule has 0 spiro atoms. The number of nitrogens with one attached hydrogen (secondary N) is 1. The van der Waals surface area contributed by atoms with E-state index >= 15 is 0 Å². The van der Waals surface area contributed by atoms with Crippen LogP contribution in [-0.4, -0.2) is 30.4 Å². The first-order valence-electron chi connectivity index (χ1n) is 8.20. The molecule has 1 atom stereocenters. The molecule has 0 saturated carbocycles. The molecule has 1 amide bonds. The van der Waals surface area contributed by atoms with Crippen molar-refractivity contribution < 1.29 is 18.3 Å². The van der Waals surface area contributed by atoms with Crippen molar-refractivity contribution in [2.24, 2.45) is 0 Å². The predicted molar refractivity (Wildman–Crippen MR) is 109 cm³/mol. The number of hydrogen-bond donors (Lipinski definition) is 2. The van der Waals surface area contributed by atoms with Gasteiger partial charge in [-0.15, -0.1) is 0 Å². The van der Waals surface area contributed by atoms with Gasteiger partial charge in [-0.1, -0.05) is 35.3 Å². The standard InChI is InChI=1S/C19H18Cl2N2O4S/c1-12(2)28(26,27)11-19(25,14-4-6-15(20)7-5-14)18(24)23-16-8-3-13(10-22)17(21)9-16/h3-9,12,25H,11H2,1-2H3,(H,23,24). The third-order valence-electron chi connectivity index (χ3n) is 4.17. The quantitative estimate of drug-likeness (QED) is 0.714. The summed E-state index contributed by atoms with van der Waals surface area (Å²) in [7, 11) is -3.78. The summed E-state index contributed by atoms with van der Waals surface area (Å²) in [6.45, 7) is 2.94. The highest BCUT2D eigenvalue weighted by molar-refractivity contribution is 7.92. The molecule has 9 heteroatoms. The van der Waals surface area contributed by atoms with E-state index in [-0.39, 0.29) is 21.8 Å². The van der Waals surface area contributed by atoms with Gasteiger partial charge < -0.3 is 10.4 Å². The molecule has 0 heterocycles. The Morgan fingerprint density at radius 1 is 1.21 bits per heavy atom. The monoisotopic (exact) mass is 440 g/mol. The van der Waals surface area contributed by atoms with E-state index in [0.717, 1.165) is 0 Å². The molecular weight excluding hydrogens is 423 g/mol. The van der Waals surface area contributed by atoms with Crippen LogP contribution in [0.3, 0.4) is 0 Å². The maximum Gasteiger partial charge on any atom is 0.262 e. The van der Waals surface area contributed by atoms with Gasteiger partial charge in [0.1, 0.15) is 6.07 Å². The van der Waals surface area contributed by atoms with Gasteiger partial charge in [0, 0.05) is 10.7 Å². The maximum absolute atomic E-state index is 12.9. The number of hydrogen-bond acceptors (Lipinski definition) is 5. The fourth-order valence-corrected chi connectivity index (χ4v) is 3.94. The van der Waals surface area contributed by atoms with Crippen LogP contribution in [-0.2, 0) is 20.2 Å². The third kappa shape index (κ3) is 4.83. The molecule has 0 saturated heterocycles. The lowest BCUT2D eigenvalue weighted by Crippen LogP contribution is -2.47. The number of aliphatic hydroxyl groups is 1. The number of halogens is 2. The van der Waals surface area contributed by atoms with Gasteiger partial charge in [-0.25, -0.2) is 8.42 Å². The predicted octanol–water partition coefficient (Wildman–Crippen LogP) is 3.51. The molecule has 0 aliphatic carbocycles. The Labute approximate surface area is 173 Å². The first-order valence-corrected chi connectivity index (χ1v) is 10.7. The van der Waals surface area contributed by atoms with Crippen LogP contribution in [0.5, 0.6) is 0 Å². The average molecular weight is 441 g/mol. The molecule has 0 radical (unpaired) electrons. The minimum atomic E-state index is -3.78. The lowest BCUT2D eigenvalue weighted by atomic mass is 9.94. The molecule has 28 heavy (non-hydrogen) atoms. The summed E-state index contributed by atoms with van der Waals surface area (Å²) in [5.74, 6) is -1.75. The van der Waals surface area contributed by atoms with Crippen LogP contribution in [0.25, 0.3) is 0 Å². The van der Waals surface area contributed by atoms with E-state index < -0.39 is 32.3 Å². The Kier molecular flexibility index (Phi) is 6.73. The Balaban J connectivity index is 2.46. The Bertz CT molecular complexity index is 1030. The Morgan fingerprint density at radius 2 is 1.82 bits per heavy atom. The second-order valence-corrected chi connectivity index (χ2v) is 9.88. The third-order valence-corrected chi connectivity index (χ3v) is 6.99. The van der Waals surface area contributed by atoms with Gasteiger partial charge in [0.05, 0.1) is 21.6 Å².